The molecule has 0 spiro atoms. The first-order chi connectivity index (χ1) is 18.7. The van der Waals surface area contributed by atoms with E-state index >= 15 is 0 Å². The van der Waals surface area contributed by atoms with Crippen molar-refractivity contribution >= 4 is 46.6 Å². The predicted octanol–water partition coefficient (Wildman–Crippen LogP) is 5.95. The Bertz CT molecular complexity index is 1370. The van der Waals surface area contributed by atoms with Crippen LogP contribution in [-0.2, 0) is 6.54 Å². The van der Waals surface area contributed by atoms with E-state index in [1.165, 1.54) is 44.1 Å². The van der Waals surface area contributed by atoms with E-state index in [2.05, 4.69) is 67.5 Å². The van der Waals surface area contributed by atoms with Crippen LogP contribution in [0.25, 0.3) is 10.9 Å². The minimum absolute atomic E-state index is 0.488. The number of rotatable bonds is 7. The highest BCUT2D eigenvalue weighted by atomic mass is 35.5. The van der Waals surface area contributed by atoms with Crippen LogP contribution in [0.2, 0.25) is 5.02 Å². The Kier molecular flexibility index (Phi) is 7.40. The summed E-state index contributed by atoms with van der Waals surface area (Å²) in [6.45, 7) is 4.70. The van der Waals surface area contributed by atoms with Gasteiger partial charge in [0, 0.05) is 60.4 Å². The molecule has 0 atom stereocenters. The summed E-state index contributed by atoms with van der Waals surface area (Å²) in [4.78, 5) is 18.9. The highest BCUT2D eigenvalue weighted by molar-refractivity contribution is 6.30. The molecule has 0 amide bonds. The molecule has 2 aromatic carbocycles. The standard InChI is InChI=1S/C29H33ClN8/c30-24-13-11-22(12-14-24)20-38-21-23(25-9-3-4-10-26(25)38)19-31-35-27-32-28(36-15-5-1-6-16-36)34-29(33-27)37-17-7-2-8-18-37/h3-4,9-14,19,21H,1-2,5-8,15-18,20H2,(H,32,33,34,35)/b31-19-. The largest absolute Gasteiger partial charge is 0.342 e. The van der Waals surface area contributed by atoms with Gasteiger partial charge in [0.15, 0.2) is 0 Å². The zero-order valence-corrected chi connectivity index (χ0v) is 22.3. The lowest BCUT2D eigenvalue weighted by Gasteiger charge is -2.30. The number of hydrogen-bond donors (Lipinski definition) is 1. The van der Waals surface area contributed by atoms with Crippen molar-refractivity contribution in [2.45, 2.75) is 45.1 Å². The van der Waals surface area contributed by atoms with Crippen LogP contribution in [0.5, 0.6) is 0 Å². The Morgan fingerprint density at radius 2 is 1.42 bits per heavy atom. The summed E-state index contributed by atoms with van der Waals surface area (Å²) in [7, 11) is 0. The van der Waals surface area contributed by atoms with Gasteiger partial charge in [0.1, 0.15) is 0 Å². The van der Waals surface area contributed by atoms with E-state index in [1.54, 1.807) is 0 Å². The maximum atomic E-state index is 6.08. The molecule has 2 aromatic heterocycles. The third kappa shape index (κ3) is 5.60. The summed E-state index contributed by atoms with van der Waals surface area (Å²) in [6.07, 6.45) is 11.2. The van der Waals surface area contributed by atoms with Crippen molar-refractivity contribution < 1.29 is 0 Å². The number of hydrogen-bond acceptors (Lipinski definition) is 7. The second-order valence-electron chi connectivity index (χ2n) is 10.1. The zero-order valence-electron chi connectivity index (χ0n) is 21.6. The molecular weight excluding hydrogens is 496 g/mol. The first kappa shape index (κ1) is 24.7. The quantitative estimate of drug-likeness (QED) is 0.236. The maximum absolute atomic E-state index is 6.08. The van der Waals surface area contributed by atoms with Gasteiger partial charge >= 0.3 is 0 Å². The number of hydrazone groups is 1. The lowest BCUT2D eigenvalue weighted by molar-refractivity contribution is 0.556. The van der Waals surface area contributed by atoms with Crippen molar-refractivity contribution in [3.05, 3.63) is 70.9 Å². The van der Waals surface area contributed by atoms with Crippen molar-refractivity contribution in [3.63, 3.8) is 0 Å². The van der Waals surface area contributed by atoms with Gasteiger partial charge in [0.2, 0.25) is 17.8 Å². The SMILES string of the molecule is Clc1ccc(Cn2cc(/C=N\Nc3nc(N4CCCCC4)nc(N4CCCCC4)n3)c3ccccc32)cc1. The predicted molar refractivity (Wildman–Crippen MR) is 156 cm³/mol. The molecule has 8 nitrogen and oxygen atoms in total. The normalized spacial score (nSPS) is 16.4. The van der Waals surface area contributed by atoms with Crippen LogP contribution in [0.1, 0.15) is 49.7 Å². The van der Waals surface area contributed by atoms with Gasteiger partial charge in [-0.1, -0.05) is 41.9 Å². The first-order valence-corrected chi connectivity index (χ1v) is 14.0. The Balaban J connectivity index is 1.25. The van der Waals surface area contributed by atoms with Gasteiger partial charge < -0.3 is 14.4 Å². The molecule has 1 N–H and O–H groups in total. The van der Waals surface area contributed by atoms with E-state index < -0.39 is 0 Å². The molecule has 0 bridgehead atoms. The van der Waals surface area contributed by atoms with Gasteiger partial charge in [-0.05, 0) is 62.3 Å². The monoisotopic (exact) mass is 528 g/mol. The molecule has 2 fully saturated rings. The van der Waals surface area contributed by atoms with E-state index in [9.17, 15) is 0 Å². The third-order valence-electron chi connectivity index (χ3n) is 7.34. The average Bonchev–Trinajstić information content (AvgIpc) is 3.32. The fourth-order valence-electron chi connectivity index (χ4n) is 5.33. The third-order valence-corrected chi connectivity index (χ3v) is 7.60. The van der Waals surface area contributed by atoms with Crippen LogP contribution in [-0.4, -0.2) is 51.9 Å². The summed E-state index contributed by atoms with van der Waals surface area (Å²) in [5, 5.41) is 6.46. The molecule has 38 heavy (non-hydrogen) atoms. The van der Waals surface area contributed by atoms with Crippen molar-refractivity contribution in [1.82, 2.24) is 19.5 Å². The molecule has 0 aliphatic carbocycles. The molecule has 196 valence electrons. The number of aromatic nitrogens is 4. The molecular formula is C29H33ClN8. The lowest BCUT2D eigenvalue weighted by Crippen LogP contribution is -2.34. The van der Waals surface area contributed by atoms with Gasteiger partial charge in [-0.15, -0.1) is 0 Å². The molecule has 2 aliphatic heterocycles. The van der Waals surface area contributed by atoms with Crippen LogP contribution in [0.15, 0.2) is 59.8 Å². The van der Waals surface area contributed by atoms with Crippen molar-refractivity contribution in [3.8, 4) is 0 Å². The number of nitrogens with zero attached hydrogens (tertiary/aromatic N) is 7. The molecule has 0 unspecified atom stereocenters. The molecule has 6 rings (SSSR count). The van der Waals surface area contributed by atoms with Crippen molar-refractivity contribution in [2.24, 2.45) is 5.10 Å². The second kappa shape index (κ2) is 11.4. The van der Waals surface area contributed by atoms with E-state index in [0.717, 1.165) is 66.1 Å². The maximum Gasteiger partial charge on any atom is 0.250 e. The molecule has 4 heterocycles. The Morgan fingerprint density at radius 3 is 2.08 bits per heavy atom. The smallest absolute Gasteiger partial charge is 0.250 e. The highest BCUT2D eigenvalue weighted by Gasteiger charge is 2.20. The number of anilines is 3. The molecule has 2 aliphatic rings. The summed E-state index contributed by atoms with van der Waals surface area (Å²) < 4.78 is 2.24. The van der Waals surface area contributed by atoms with E-state index in [4.69, 9.17) is 26.6 Å². The molecule has 0 saturated carbocycles. The number of fused-ring (bicyclic) bond motifs is 1. The Labute approximate surface area is 228 Å². The van der Waals surface area contributed by atoms with Crippen LogP contribution in [0.3, 0.4) is 0 Å². The number of piperidine rings is 2. The summed E-state index contributed by atoms with van der Waals surface area (Å²) in [6, 6.07) is 16.4. The fraction of sp³-hybridized carbons (Fsp3) is 0.379. The molecule has 0 radical (unpaired) electrons. The van der Waals surface area contributed by atoms with E-state index in [1.807, 2.05) is 18.3 Å². The minimum Gasteiger partial charge on any atom is -0.342 e. The fourth-order valence-corrected chi connectivity index (χ4v) is 5.46. The average molecular weight is 529 g/mol. The number of para-hydroxylation sites is 1. The lowest BCUT2D eigenvalue weighted by atomic mass is 10.1. The molecule has 9 heteroatoms. The minimum atomic E-state index is 0.488. The van der Waals surface area contributed by atoms with Crippen molar-refractivity contribution in [1.29, 1.82) is 0 Å². The summed E-state index contributed by atoms with van der Waals surface area (Å²) >= 11 is 6.08. The summed E-state index contributed by atoms with van der Waals surface area (Å²) in [5.74, 6) is 1.98. The van der Waals surface area contributed by atoms with Gasteiger partial charge in [-0.25, -0.2) is 5.43 Å². The van der Waals surface area contributed by atoms with Gasteiger partial charge in [0.25, 0.3) is 0 Å². The highest BCUT2D eigenvalue weighted by Crippen LogP contribution is 2.24. The molecule has 4 aromatic rings. The second-order valence-corrected chi connectivity index (χ2v) is 10.5. The van der Waals surface area contributed by atoms with Gasteiger partial charge in [-0.3, -0.25) is 0 Å². The van der Waals surface area contributed by atoms with Crippen LogP contribution in [0.4, 0.5) is 17.8 Å². The number of benzene rings is 2. The van der Waals surface area contributed by atoms with Crippen LogP contribution < -0.4 is 15.2 Å². The topological polar surface area (TPSA) is 74.5 Å². The van der Waals surface area contributed by atoms with Crippen LogP contribution in [0, 0.1) is 0 Å². The summed E-state index contributed by atoms with van der Waals surface area (Å²) in [5.41, 5.74) is 6.49. The number of nitrogens with one attached hydrogen (secondary N) is 1. The first-order valence-electron chi connectivity index (χ1n) is 13.6. The van der Waals surface area contributed by atoms with Crippen molar-refractivity contribution in [2.75, 3.05) is 41.4 Å². The van der Waals surface area contributed by atoms with Crippen LogP contribution >= 0.6 is 11.6 Å². The molecule has 2 saturated heterocycles. The van der Waals surface area contributed by atoms with E-state index in [0.29, 0.717) is 5.95 Å². The van der Waals surface area contributed by atoms with Gasteiger partial charge in [-0.2, -0.15) is 20.1 Å². The Hall–Kier alpha value is -3.65. The Morgan fingerprint density at radius 1 is 0.789 bits per heavy atom. The zero-order chi connectivity index (χ0) is 25.7. The van der Waals surface area contributed by atoms with E-state index in [-0.39, 0.29) is 0 Å². The number of halogens is 1. The van der Waals surface area contributed by atoms with Gasteiger partial charge in [0.05, 0.1) is 6.21 Å².